The molecule has 10 N–H and O–H groups in total. The minimum Gasteiger partial charge on any atom is -0.507 e. The Kier molecular flexibility index (Phi) is 6.00. The number of ether oxygens (including phenoxy) is 2. The molecule has 0 spiro atoms. The molecule has 0 amide bonds. The maximum Gasteiger partial charge on any atom is 0.239 e. The van der Waals surface area contributed by atoms with Crippen LogP contribution >= 0.6 is 0 Å². The van der Waals surface area contributed by atoms with Crippen LogP contribution in [-0.2, 0) is 4.74 Å². The minimum absolute atomic E-state index is 0.321. The molecule has 2 heterocycles. The van der Waals surface area contributed by atoms with Crippen molar-refractivity contribution in [3.63, 3.8) is 0 Å². The Morgan fingerprint density at radius 1 is 0.800 bits per heavy atom. The van der Waals surface area contributed by atoms with E-state index in [1.54, 1.807) is 0 Å². The van der Waals surface area contributed by atoms with Crippen LogP contribution in [0.1, 0.15) is 0 Å². The third kappa shape index (κ3) is 3.88. The van der Waals surface area contributed by atoms with Crippen molar-refractivity contribution in [2.75, 3.05) is 6.61 Å². The van der Waals surface area contributed by atoms with Crippen LogP contribution in [0.3, 0.4) is 0 Å². The highest BCUT2D eigenvalue weighted by Crippen LogP contribution is 2.45. The first-order valence-corrected chi connectivity index (χ1v) is 9.93. The van der Waals surface area contributed by atoms with Crippen molar-refractivity contribution in [3.8, 4) is 51.6 Å². The predicted octanol–water partition coefficient (Wildman–Crippen LogP) is -1.13. The number of aliphatic hydroxyl groups excluding tert-OH is 4. The molecule has 3 aromatic rings. The van der Waals surface area contributed by atoms with Gasteiger partial charge in [0.15, 0.2) is 34.3 Å². The van der Waals surface area contributed by atoms with Crippen LogP contribution in [0, 0.1) is 0 Å². The van der Waals surface area contributed by atoms with Crippen molar-refractivity contribution in [2.24, 2.45) is 0 Å². The van der Waals surface area contributed by atoms with E-state index in [-0.39, 0.29) is 5.56 Å². The normalized spacial score (nSPS) is 24.5. The molecule has 1 saturated heterocycles. The number of benzene rings is 2. The number of aliphatic hydroxyl groups is 4. The summed E-state index contributed by atoms with van der Waals surface area (Å²) in [5.41, 5.74) is -2.24. The molecule has 1 fully saturated rings. The Bertz CT molecular complexity index is 1320. The Hall–Kier alpha value is -3.95. The quantitative estimate of drug-likeness (QED) is 0.152. The first kappa shape index (κ1) is 24.2. The maximum absolute atomic E-state index is 13.3. The van der Waals surface area contributed by atoms with E-state index in [1.165, 1.54) is 0 Å². The van der Waals surface area contributed by atoms with Gasteiger partial charge >= 0.3 is 0 Å². The Labute approximate surface area is 193 Å². The lowest BCUT2D eigenvalue weighted by Gasteiger charge is -2.39. The number of fused-ring (bicyclic) bond motifs is 1. The molecule has 5 atom stereocenters. The van der Waals surface area contributed by atoms with Gasteiger partial charge < -0.3 is 65.0 Å². The van der Waals surface area contributed by atoms with E-state index in [0.717, 1.165) is 12.1 Å². The molecule has 0 saturated carbocycles. The van der Waals surface area contributed by atoms with E-state index in [9.17, 15) is 55.9 Å². The summed E-state index contributed by atoms with van der Waals surface area (Å²) < 4.78 is 16.1. The Balaban J connectivity index is 1.97. The van der Waals surface area contributed by atoms with Crippen LogP contribution in [-0.4, -0.2) is 88.4 Å². The molecule has 14 nitrogen and oxygen atoms in total. The van der Waals surface area contributed by atoms with Crippen LogP contribution in [0.15, 0.2) is 27.4 Å². The molecule has 1 aromatic heterocycles. The SMILES string of the molecule is O=c1c(O[C@@H]2O[C@H](CO)[C@@H](O)[C@@H](O)[C@H]2O)c(-c2cc(O)c(O)c(O)c2)oc2c(O)c(O)cc(O)c12. The predicted molar refractivity (Wildman–Crippen MR) is 112 cm³/mol. The third-order valence-corrected chi connectivity index (χ3v) is 5.47. The first-order chi connectivity index (χ1) is 16.5. The van der Waals surface area contributed by atoms with Crippen LogP contribution in [0.5, 0.6) is 40.2 Å². The second-order valence-corrected chi connectivity index (χ2v) is 7.74. The molecule has 0 bridgehead atoms. The lowest BCUT2D eigenvalue weighted by molar-refractivity contribution is -0.277. The highest BCUT2D eigenvalue weighted by Gasteiger charge is 2.45. The molecule has 0 radical (unpaired) electrons. The van der Waals surface area contributed by atoms with Crippen LogP contribution in [0.2, 0.25) is 0 Å². The van der Waals surface area contributed by atoms with Crippen molar-refractivity contribution >= 4 is 11.0 Å². The summed E-state index contributed by atoms with van der Waals surface area (Å²) in [5.74, 6) is -6.77. The van der Waals surface area contributed by atoms with Crippen LogP contribution < -0.4 is 10.2 Å². The summed E-state index contributed by atoms with van der Waals surface area (Å²) >= 11 is 0. The van der Waals surface area contributed by atoms with E-state index >= 15 is 0 Å². The second-order valence-electron chi connectivity index (χ2n) is 7.74. The van der Waals surface area contributed by atoms with E-state index < -0.39 is 99.7 Å². The molecular weight excluding hydrogens is 476 g/mol. The molecule has 35 heavy (non-hydrogen) atoms. The average molecular weight is 496 g/mol. The molecule has 188 valence electrons. The minimum atomic E-state index is -1.96. The first-order valence-electron chi connectivity index (χ1n) is 9.93. The largest absolute Gasteiger partial charge is 0.507 e. The van der Waals surface area contributed by atoms with Gasteiger partial charge in [-0.3, -0.25) is 4.79 Å². The zero-order valence-electron chi connectivity index (χ0n) is 17.4. The lowest BCUT2D eigenvalue weighted by Crippen LogP contribution is -2.60. The van der Waals surface area contributed by atoms with Gasteiger partial charge in [0.1, 0.15) is 35.6 Å². The molecule has 0 aliphatic carbocycles. The summed E-state index contributed by atoms with van der Waals surface area (Å²) in [6.45, 7) is -0.808. The number of rotatable bonds is 4. The lowest BCUT2D eigenvalue weighted by atomic mass is 9.99. The average Bonchev–Trinajstić information content (AvgIpc) is 2.81. The van der Waals surface area contributed by atoms with Crippen LogP contribution in [0.4, 0.5) is 0 Å². The standard InChI is InChI=1S/C21H20O14/c22-4-10-14(29)16(31)17(32)21(33-10)35-20-15(30)11-6(23)3-9(26)13(28)19(11)34-18(20)5-1-7(24)12(27)8(25)2-5/h1-3,10,14,16-17,21-29,31-32H,4H2/t10-,14-,16-,17-,21+/m1/s1. The number of phenols is 6. The highest BCUT2D eigenvalue weighted by atomic mass is 16.7. The summed E-state index contributed by atoms with van der Waals surface area (Å²) in [4.78, 5) is 13.3. The highest BCUT2D eigenvalue weighted by molar-refractivity contribution is 5.93. The maximum atomic E-state index is 13.3. The van der Waals surface area contributed by atoms with Gasteiger partial charge in [0.05, 0.1) is 6.61 Å². The topological polar surface area (TPSA) is 251 Å². The molecule has 4 rings (SSSR count). The zero-order chi connectivity index (χ0) is 25.8. The molecule has 1 aliphatic heterocycles. The fourth-order valence-corrected chi connectivity index (χ4v) is 3.62. The molecular formula is C21H20O14. The van der Waals surface area contributed by atoms with Crippen molar-refractivity contribution in [3.05, 3.63) is 28.4 Å². The smallest absolute Gasteiger partial charge is 0.239 e. The van der Waals surface area contributed by atoms with Gasteiger partial charge in [0.25, 0.3) is 0 Å². The fourth-order valence-electron chi connectivity index (χ4n) is 3.62. The summed E-state index contributed by atoms with van der Waals surface area (Å²) in [5, 5.41) is 98.6. The number of aromatic hydroxyl groups is 6. The second kappa shape index (κ2) is 8.68. The molecule has 2 aromatic carbocycles. The zero-order valence-corrected chi connectivity index (χ0v) is 17.4. The Morgan fingerprint density at radius 2 is 1.40 bits per heavy atom. The van der Waals surface area contributed by atoms with E-state index in [1.807, 2.05) is 0 Å². The van der Waals surface area contributed by atoms with Gasteiger partial charge in [0.2, 0.25) is 23.2 Å². The van der Waals surface area contributed by atoms with Gasteiger partial charge in [-0.15, -0.1) is 0 Å². The van der Waals surface area contributed by atoms with Crippen molar-refractivity contribution < 1.29 is 65.0 Å². The van der Waals surface area contributed by atoms with Gasteiger partial charge in [0, 0.05) is 11.6 Å². The van der Waals surface area contributed by atoms with Crippen molar-refractivity contribution in [2.45, 2.75) is 30.7 Å². The van der Waals surface area contributed by atoms with Crippen molar-refractivity contribution in [1.29, 1.82) is 0 Å². The molecule has 0 unspecified atom stereocenters. The van der Waals surface area contributed by atoms with Gasteiger partial charge in [-0.1, -0.05) is 0 Å². The number of hydrogen-bond acceptors (Lipinski definition) is 14. The monoisotopic (exact) mass is 496 g/mol. The van der Waals surface area contributed by atoms with Crippen LogP contribution in [0.25, 0.3) is 22.3 Å². The summed E-state index contributed by atoms with van der Waals surface area (Å²) in [6.07, 6.45) is -8.88. The van der Waals surface area contributed by atoms with Crippen molar-refractivity contribution in [1.82, 2.24) is 0 Å². The van der Waals surface area contributed by atoms with E-state index in [2.05, 4.69) is 0 Å². The van der Waals surface area contributed by atoms with E-state index in [0.29, 0.717) is 6.07 Å². The van der Waals surface area contributed by atoms with Gasteiger partial charge in [-0.2, -0.15) is 0 Å². The number of phenolic OH excluding ortho intramolecular Hbond substituents is 6. The Morgan fingerprint density at radius 3 is 2.00 bits per heavy atom. The van der Waals surface area contributed by atoms with Gasteiger partial charge in [-0.25, -0.2) is 0 Å². The molecule has 1 aliphatic rings. The molecule has 14 heteroatoms. The number of hydrogen-bond donors (Lipinski definition) is 10. The summed E-state index contributed by atoms with van der Waals surface area (Å²) in [6, 6.07) is 2.31. The van der Waals surface area contributed by atoms with Gasteiger partial charge in [-0.05, 0) is 12.1 Å². The third-order valence-electron chi connectivity index (χ3n) is 5.47. The fraction of sp³-hybridized carbons (Fsp3) is 0.286. The van der Waals surface area contributed by atoms with E-state index in [4.69, 9.17) is 13.9 Å². The summed E-state index contributed by atoms with van der Waals surface area (Å²) in [7, 11) is 0.